The number of pyridine rings is 1. The van der Waals surface area contributed by atoms with E-state index in [1.165, 1.54) is 0 Å². The number of hydrogen-bond donors (Lipinski definition) is 3. The molecule has 30 heavy (non-hydrogen) atoms. The van der Waals surface area contributed by atoms with Gasteiger partial charge in [-0.3, -0.25) is 4.98 Å². The Bertz CT molecular complexity index is 1030. The first-order valence-electron chi connectivity index (χ1n) is 10.2. The zero-order valence-electron chi connectivity index (χ0n) is 16.9. The number of aliphatic hydroxyl groups is 1. The van der Waals surface area contributed by atoms with Crippen LogP contribution in [0.15, 0.2) is 41.2 Å². The van der Waals surface area contributed by atoms with Crippen molar-refractivity contribution in [1.82, 2.24) is 15.0 Å². The van der Waals surface area contributed by atoms with Gasteiger partial charge in [0.25, 0.3) is 0 Å². The summed E-state index contributed by atoms with van der Waals surface area (Å²) in [6, 6.07) is 8.11. The topological polar surface area (TPSA) is 83.0 Å². The van der Waals surface area contributed by atoms with Crippen LogP contribution in [0.2, 0.25) is 0 Å². The van der Waals surface area contributed by atoms with Gasteiger partial charge in [0.1, 0.15) is 5.82 Å². The minimum absolute atomic E-state index is 0.239. The first-order chi connectivity index (χ1) is 14.7. The maximum Gasteiger partial charge on any atom is 0.225 e. The number of hydrogen-bond acceptors (Lipinski definition) is 7. The smallest absolute Gasteiger partial charge is 0.225 e. The molecule has 1 aliphatic carbocycles. The highest BCUT2D eigenvalue weighted by Gasteiger charge is 2.25. The molecule has 6 nitrogen and oxygen atoms in total. The summed E-state index contributed by atoms with van der Waals surface area (Å²) in [6.07, 6.45) is 4.76. The molecule has 1 fully saturated rings. The van der Waals surface area contributed by atoms with Gasteiger partial charge in [-0.1, -0.05) is 17.9 Å². The Morgan fingerprint density at radius 3 is 2.87 bits per heavy atom. The maximum absolute atomic E-state index is 9.47. The molecule has 3 heterocycles. The second-order valence-electron chi connectivity index (χ2n) is 7.50. The predicted molar refractivity (Wildman–Crippen MR) is 120 cm³/mol. The molecule has 2 atom stereocenters. The quantitative estimate of drug-likeness (QED) is 0.527. The zero-order chi connectivity index (χ0) is 20.8. The van der Waals surface area contributed by atoms with E-state index in [0.29, 0.717) is 18.4 Å². The van der Waals surface area contributed by atoms with Crippen LogP contribution < -0.4 is 10.6 Å². The van der Waals surface area contributed by atoms with E-state index < -0.39 is 0 Å². The van der Waals surface area contributed by atoms with Crippen molar-refractivity contribution in [3.05, 3.63) is 63.7 Å². The lowest BCUT2D eigenvalue weighted by Gasteiger charge is -2.17. The highest BCUT2D eigenvalue weighted by Crippen LogP contribution is 2.29. The number of thiophene rings is 1. The second-order valence-corrected chi connectivity index (χ2v) is 8.28. The van der Waals surface area contributed by atoms with Crippen LogP contribution >= 0.6 is 11.3 Å². The molecular formula is C23H25N5OS. The highest BCUT2D eigenvalue weighted by atomic mass is 32.1. The molecule has 1 aliphatic rings. The zero-order valence-corrected chi connectivity index (χ0v) is 17.7. The fourth-order valence-corrected chi connectivity index (χ4v) is 4.20. The van der Waals surface area contributed by atoms with Gasteiger partial charge in [0.15, 0.2) is 0 Å². The van der Waals surface area contributed by atoms with Crippen molar-refractivity contribution in [2.75, 3.05) is 17.2 Å². The summed E-state index contributed by atoms with van der Waals surface area (Å²) in [7, 11) is 0. The van der Waals surface area contributed by atoms with Crippen molar-refractivity contribution in [1.29, 1.82) is 0 Å². The number of anilines is 2. The van der Waals surface area contributed by atoms with Crippen molar-refractivity contribution in [2.24, 2.45) is 5.92 Å². The van der Waals surface area contributed by atoms with Gasteiger partial charge in [-0.2, -0.15) is 16.3 Å². The van der Waals surface area contributed by atoms with Crippen LogP contribution in [0.25, 0.3) is 0 Å². The molecule has 1 saturated carbocycles. The fourth-order valence-electron chi connectivity index (χ4n) is 3.61. The lowest BCUT2D eigenvalue weighted by molar-refractivity contribution is 0.229. The SMILES string of the molecule is Cc1nc(NCc2ccccn2)nc(NC2CCC(CO)C2)c1C#Cc1ccsc1. The lowest BCUT2D eigenvalue weighted by Crippen LogP contribution is -2.19. The third-order valence-corrected chi connectivity index (χ3v) is 5.92. The van der Waals surface area contributed by atoms with E-state index in [2.05, 4.69) is 32.4 Å². The molecule has 3 aromatic rings. The Labute approximate surface area is 180 Å². The van der Waals surface area contributed by atoms with E-state index in [1.807, 2.05) is 41.9 Å². The summed E-state index contributed by atoms with van der Waals surface area (Å²) in [5.74, 6) is 8.13. The van der Waals surface area contributed by atoms with E-state index in [0.717, 1.165) is 47.6 Å². The number of rotatable bonds is 6. The molecule has 154 valence electrons. The Morgan fingerprint density at radius 2 is 2.13 bits per heavy atom. The number of nitrogens with zero attached hydrogens (tertiary/aromatic N) is 3. The van der Waals surface area contributed by atoms with Crippen molar-refractivity contribution in [2.45, 2.75) is 38.8 Å². The van der Waals surface area contributed by atoms with E-state index >= 15 is 0 Å². The van der Waals surface area contributed by atoms with Crippen LogP contribution in [0.5, 0.6) is 0 Å². The molecule has 0 radical (unpaired) electrons. The van der Waals surface area contributed by atoms with Crippen LogP contribution in [0.3, 0.4) is 0 Å². The maximum atomic E-state index is 9.47. The van der Waals surface area contributed by atoms with Gasteiger partial charge in [0, 0.05) is 29.8 Å². The third kappa shape index (κ3) is 5.15. The van der Waals surface area contributed by atoms with E-state index in [4.69, 9.17) is 4.98 Å². The van der Waals surface area contributed by atoms with Crippen molar-refractivity contribution >= 4 is 23.1 Å². The Balaban J connectivity index is 1.59. The molecule has 3 N–H and O–H groups in total. The Morgan fingerprint density at radius 1 is 1.20 bits per heavy atom. The van der Waals surface area contributed by atoms with E-state index in [9.17, 15) is 5.11 Å². The molecule has 3 aromatic heterocycles. The third-order valence-electron chi connectivity index (χ3n) is 5.24. The molecule has 7 heteroatoms. The van der Waals surface area contributed by atoms with E-state index in [-0.39, 0.29) is 12.6 Å². The summed E-state index contributed by atoms with van der Waals surface area (Å²) < 4.78 is 0. The summed E-state index contributed by atoms with van der Waals surface area (Å²) in [4.78, 5) is 13.7. The molecule has 0 saturated heterocycles. The molecule has 2 unspecified atom stereocenters. The first-order valence-corrected chi connectivity index (χ1v) is 11.1. The van der Waals surface area contributed by atoms with Crippen LogP contribution in [-0.4, -0.2) is 32.7 Å². The van der Waals surface area contributed by atoms with Gasteiger partial charge in [0.05, 0.1) is 23.5 Å². The standard InChI is InChI=1S/C23H25N5OS/c1-16-21(8-6-17-9-11-30-15-17)22(27-19-7-5-18(12-19)14-29)28-23(26-16)25-13-20-4-2-3-10-24-20/h2-4,9-11,15,18-19,29H,5,7,12-14H2,1H3,(H2,25,26,27,28). The van der Waals surface area contributed by atoms with Crippen LogP contribution in [0.1, 0.15) is 41.8 Å². The molecule has 0 aliphatic heterocycles. The van der Waals surface area contributed by atoms with Crippen molar-refractivity contribution in [3.8, 4) is 11.8 Å². The molecule has 0 spiro atoms. The monoisotopic (exact) mass is 419 g/mol. The molecular weight excluding hydrogens is 394 g/mol. The van der Waals surface area contributed by atoms with Crippen LogP contribution in [0.4, 0.5) is 11.8 Å². The normalized spacial score (nSPS) is 17.9. The fraction of sp³-hybridized carbons (Fsp3) is 0.348. The average Bonchev–Trinajstić information content (AvgIpc) is 3.44. The molecule has 0 amide bonds. The Hall–Kier alpha value is -2.95. The van der Waals surface area contributed by atoms with Gasteiger partial charge < -0.3 is 15.7 Å². The summed E-state index contributed by atoms with van der Waals surface area (Å²) in [5.41, 5.74) is 3.56. The largest absolute Gasteiger partial charge is 0.396 e. The lowest BCUT2D eigenvalue weighted by atomic mass is 10.1. The van der Waals surface area contributed by atoms with Crippen LogP contribution in [-0.2, 0) is 6.54 Å². The van der Waals surface area contributed by atoms with Gasteiger partial charge in [-0.05, 0) is 55.7 Å². The van der Waals surface area contributed by atoms with Crippen molar-refractivity contribution < 1.29 is 5.11 Å². The van der Waals surface area contributed by atoms with Gasteiger partial charge in [-0.15, -0.1) is 0 Å². The average molecular weight is 420 g/mol. The highest BCUT2D eigenvalue weighted by molar-refractivity contribution is 7.08. The van der Waals surface area contributed by atoms with Gasteiger partial charge >= 0.3 is 0 Å². The minimum atomic E-state index is 0.239. The summed E-state index contributed by atoms with van der Waals surface area (Å²) in [5, 5.41) is 20.4. The number of nitrogens with one attached hydrogen (secondary N) is 2. The van der Waals surface area contributed by atoms with Crippen molar-refractivity contribution in [3.63, 3.8) is 0 Å². The molecule has 0 bridgehead atoms. The van der Waals surface area contributed by atoms with Gasteiger partial charge in [0.2, 0.25) is 5.95 Å². The Kier molecular flexibility index (Phi) is 6.57. The number of aromatic nitrogens is 3. The van der Waals surface area contributed by atoms with Crippen LogP contribution in [0, 0.1) is 24.7 Å². The summed E-state index contributed by atoms with van der Waals surface area (Å²) in [6.45, 7) is 2.75. The minimum Gasteiger partial charge on any atom is -0.396 e. The van der Waals surface area contributed by atoms with E-state index in [1.54, 1.807) is 17.5 Å². The number of aryl methyl sites for hydroxylation is 1. The second kappa shape index (κ2) is 9.70. The molecule has 4 rings (SSSR count). The predicted octanol–water partition coefficient (Wildman–Crippen LogP) is 3.83. The molecule has 0 aromatic carbocycles. The first kappa shape index (κ1) is 20.3. The van der Waals surface area contributed by atoms with Gasteiger partial charge in [-0.25, -0.2) is 4.98 Å². The number of aliphatic hydroxyl groups excluding tert-OH is 1. The summed E-state index contributed by atoms with van der Waals surface area (Å²) >= 11 is 1.63.